The number of anilines is 1. The van der Waals surface area contributed by atoms with Crippen molar-refractivity contribution in [1.29, 1.82) is 0 Å². The fourth-order valence-corrected chi connectivity index (χ4v) is 3.11. The van der Waals surface area contributed by atoms with Gasteiger partial charge in [0.15, 0.2) is 0 Å². The summed E-state index contributed by atoms with van der Waals surface area (Å²) in [5, 5.41) is 4.36. The molecule has 4 heteroatoms. The maximum absolute atomic E-state index is 5.58. The van der Waals surface area contributed by atoms with E-state index in [-0.39, 0.29) is 0 Å². The van der Waals surface area contributed by atoms with Crippen molar-refractivity contribution in [2.75, 3.05) is 18.7 Å². The number of benzene rings is 2. The van der Waals surface area contributed by atoms with Crippen LogP contribution in [0.4, 0.5) is 5.69 Å². The van der Waals surface area contributed by atoms with Crippen LogP contribution in [0.15, 0.2) is 71.5 Å². The summed E-state index contributed by atoms with van der Waals surface area (Å²) in [5.41, 5.74) is 4.51. The summed E-state index contributed by atoms with van der Waals surface area (Å²) < 4.78 is 5.58. The number of hydrogen-bond acceptors (Lipinski definition) is 4. The average molecular weight is 317 g/mol. The van der Waals surface area contributed by atoms with E-state index in [0.717, 1.165) is 35.1 Å². The second-order valence-electron chi connectivity index (χ2n) is 5.83. The molecule has 0 saturated carbocycles. The zero-order valence-corrected chi connectivity index (χ0v) is 13.8. The number of methoxy groups -OCH3 is 1. The van der Waals surface area contributed by atoms with Gasteiger partial charge in [-0.25, -0.2) is 10.0 Å². The van der Waals surface area contributed by atoms with Gasteiger partial charge in [0.05, 0.1) is 19.4 Å². The van der Waals surface area contributed by atoms with Crippen LogP contribution in [0.3, 0.4) is 0 Å². The van der Waals surface area contributed by atoms with Crippen LogP contribution in [-0.4, -0.2) is 24.9 Å². The molecule has 0 fully saturated rings. The summed E-state index contributed by atoms with van der Waals surface area (Å²) in [7, 11) is 1.71. The minimum atomic E-state index is 0.761. The minimum absolute atomic E-state index is 0.761. The van der Waals surface area contributed by atoms with Gasteiger partial charge in [-0.1, -0.05) is 36.4 Å². The highest BCUT2D eigenvalue weighted by Crippen LogP contribution is 2.39. The summed E-state index contributed by atoms with van der Waals surface area (Å²) in [5.74, 6) is 1.80. The molecule has 120 valence electrons. The number of rotatable bonds is 3. The van der Waals surface area contributed by atoms with Crippen molar-refractivity contribution >= 4 is 17.6 Å². The predicted molar refractivity (Wildman–Crippen MR) is 97.9 cm³/mol. The molecule has 24 heavy (non-hydrogen) atoms. The normalized spacial score (nSPS) is 15.9. The Morgan fingerprint density at radius 1 is 1.08 bits per heavy atom. The molecule has 2 aromatic rings. The summed E-state index contributed by atoms with van der Waals surface area (Å²) in [6.45, 7) is 2.85. The number of fused-ring (bicyclic) bond motifs is 1. The molecule has 0 N–H and O–H groups in total. The molecule has 2 aliphatic heterocycles. The smallest absolute Gasteiger partial charge is 0.149 e. The third-order valence-corrected chi connectivity index (χ3v) is 4.25. The van der Waals surface area contributed by atoms with Crippen molar-refractivity contribution < 1.29 is 4.74 Å². The SMILES string of the molecule is COc1ccc(C)cc1N1CC=C2N=CC=C(c3ccccc3)N21. The van der Waals surface area contributed by atoms with E-state index in [1.807, 2.05) is 24.4 Å². The van der Waals surface area contributed by atoms with Crippen LogP contribution in [0.1, 0.15) is 11.1 Å². The third-order valence-electron chi connectivity index (χ3n) is 4.25. The van der Waals surface area contributed by atoms with E-state index in [1.165, 1.54) is 5.56 Å². The zero-order valence-electron chi connectivity index (χ0n) is 13.8. The van der Waals surface area contributed by atoms with Crippen molar-refractivity contribution in [3.63, 3.8) is 0 Å². The van der Waals surface area contributed by atoms with Crippen molar-refractivity contribution in [2.45, 2.75) is 6.92 Å². The molecule has 4 rings (SSSR count). The lowest BCUT2D eigenvalue weighted by atomic mass is 10.1. The first-order valence-electron chi connectivity index (χ1n) is 8.00. The summed E-state index contributed by atoms with van der Waals surface area (Å²) in [4.78, 5) is 4.52. The maximum Gasteiger partial charge on any atom is 0.149 e. The molecule has 0 radical (unpaired) electrons. The van der Waals surface area contributed by atoms with E-state index in [9.17, 15) is 0 Å². The van der Waals surface area contributed by atoms with Crippen LogP contribution >= 0.6 is 0 Å². The van der Waals surface area contributed by atoms with E-state index in [0.29, 0.717) is 0 Å². The third kappa shape index (κ3) is 2.36. The van der Waals surface area contributed by atoms with Crippen molar-refractivity contribution in [3.8, 4) is 5.75 Å². The standard InChI is InChI=1S/C20H19N3O/c1-15-8-9-19(24-2)18(14-15)22-13-11-20-21-12-10-17(23(20)22)16-6-4-3-5-7-16/h3-12,14H,13H2,1-2H3. The van der Waals surface area contributed by atoms with Crippen LogP contribution in [0.5, 0.6) is 5.75 Å². The number of aliphatic imine (C=N–C) groups is 1. The molecule has 0 saturated heterocycles. The quantitative estimate of drug-likeness (QED) is 0.856. The molecular formula is C20H19N3O. The molecule has 2 aliphatic rings. The van der Waals surface area contributed by atoms with E-state index < -0.39 is 0 Å². The molecular weight excluding hydrogens is 298 g/mol. The molecule has 2 heterocycles. The second kappa shape index (κ2) is 5.89. The average Bonchev–Trinajstić information content (AvgIpc) is 3.06. The van der Waals surface area contributed by atoms with Gasteiger partial charge >= 0.3 is 0 Å². The molecule has 0 aliphatic carbocycles. The first-order chi connectivity index (χ1) is 11.8. The Balaban J connectivity index is 1.79. The first-order valence-corrected chi connectivity index (χ1v) is 8.00. The van der Waals surface area contributed by atoms with E-state index >= 15 is 0 Å². The Kier molecular flexibility index (Phi) is 3.58. The van der Waals surface area contributed by atoms with Gasteiger partial charge in [0.2, 0.25) is 0 Å². The lowest BCUT2D eigenvalue weighted by Gasteiger charge is -2.36. The van der Waals surface area contributed by atoms with E-state index in [1.54, 1.807) is 7.11 Å². The van der Waals surface area contributed by atoms with Crippen molar-refractivity contribution in [1.82, 2.24) is 5.01 Å². The molecule has 2 aromatic carbocycles. The van der Waals surface area contributed by atoms with Crippen LogP contribution in [0.25, 0.3) is 5.70 Å². The number of hydrogen-bond donors (Lipinski definition) is 0. The summed E-state index contributed by atoms with van der Waals surface area (Å²) in [6, 6.07) is 16.6. The Morgan fingerprint density at radius 3 is 2.71 bits per heavy atom. The molecule has 0 spiro atoms. The van der Waals surface area contributed by atoms with Gasteiger partial charge in [0.25, 0.3) is 0 Å². The number of ether oxygens (including phenoxy) is 1. The van der Waals surface area contributed by atoms with Crippen molar-refractivity contribution in [3.05, 3.63) is 77.6 Å². The fourth-order valence-electron chi connectivity index (χ4n) is 3.11. The molecule has 4 nitrogen and oxygen atoms in total. The van der Waals surface area contributed by atoms with Gasteiger partial charge in [-0.2, -0.15) is 0 Å². The Hall–Kier alpha value is -3.01. The largest absolute Gasteiger partial charge is 0.495 e. The van der Waals surface area contributed by atoms with Gasteiger partial charge < -0.3 is 4.74 Å². The molecule has 0 atom stereocenters. The fraction of sp³-hybridized carbons (Fsp3) is 0.150. The number of nitrogens with zero attached hydrogens (tertiary/aromatic N) is 3. The number of aryl methyl sites for hydroxylation is 1. The molecule has 0 bridgehead atoms. The van der Waals surface area contributed by atoms with Gasteiger partial charge in [0, 0.05) is 11.8 Å². The van der Waals surface area contributed by atoms with Gasteiger partial charge in [-0.15, -0.1) is 0 Å². The highest BCUT2D eigenvalue weighted by atomic mass is 16.5. The van der Waals surface area contributed by atoms with Crippen LogP contribution < -0.4 is 9.75 Å². The number of allylic oxidation sites excluding steroid dienone is 1. The maximum atomic E-state index is 5.58. The highest BCUT2D eigenvalue weighted by Gasteiger charge is 2.31. The second-order valence-corrected chi connectivity index (χ2v) is 5.83. The molecule has 0 aromatic heterocycles. The lowest BCUT2D eigenvalue weighted by Crippen LogP contribution is -2.37. The van der Waals surface area contributed by atoms with E-state index in [4.69, 9.17) is 4.74 Å². The van der Waals surface area contributed by atoms with Crippen LogP contribution in [0, 0.1) is 6.92 Å². The minimum Gasteiger partial charge on any atom is -0.495 e. The molecule has 0 amide bonds. The zero-order chi connectivity index (χ0) is 16.5. The van der Waals surface area contributed by atoms with Crippen molar-refractivity contribution in [2.24, 2.45) is 4.99 Å². The highest BCUT2D eigenvalue weighted by molar-refractivity contribution is 5.88. The Labute approximate surface area is 142 Å². The summed E-state index contributed by atoms with van der Waals surface area (Å²) in [6.07, 6.45) is 6.04. The predicted octanol–water partition coefficient (Wildman–Crippen LogP) is 4.01. The lowest BCUT2D eigenvalue weighted by molar-refractivity contribution is 0.404. The first kappa shape index (κ1) is 14.6. The van der Waals surface area contributed by atoms with Gasteiger partial charge in [-0.05, 0) is 36.8 Å². The monoisotopic (exact) mass is 317 g/mol. The van der Waals surface area contributed by atoms with Crippen LogP contribution in [0.2, 0.25) is 0 Å². The Bertz CT molecular complexity index is 852. The Morgan fingerprint density at radius 2 is 1.92 bits per heavy atom. The topological polar surface area (TPSA) is 28.1 Å². The van der Waals surface area contributed by atoms with E-state index in [2.05, 4.69) is 64.4 Å². The van der Waals surface area contributed by atoms with Crippen LogP contribution in [-0.2, 0) is 0 Å². The summed E-state index contributed by atoms with van der Waals surface area (Å²) >= 11 is 0. The molecule has 0 unspecified atom stereocenters. The number of hydrazine groups is 1. The van der Waals surface area contributed by atoms with Gasteiger partial charge in [0.1, 0.15) is 17.3 Å². The van der Waals surface area contributed by atoms with Gasteiger partial charge in [-0.3, -0.25) is 5.01 Å².